The number of hydrogen-bond acceptors (Lipinski definition) is 4. The van der Waals surface area contributed by atoms with Crippen LogP contribution in [0.4, 0.5) is 0 Å². The van der Waals surface area contributed by atoms with Crippen LogP contribution in [0.5, 0.6) is 11.5 Å². The van der Waals surface area contributed by atoms with Crippen molar-refractivity contribution in [2.24, 2.45) is 0 Å². The van der Waals surface area contributed by atoms with Crippen LogP contribution in [-0.2, 0) is 6.54 Å². The molecule has 112 valence electrons. The maximum Gasteiger partial charge on any atom is 0.160 e. The number of ether oxygens (including phenoxy) is 1. The predicted molar refractivity (Wildman–Crippen MR) is 75.4 cm³/mol. The van der Waals surface area contributed by atoms with Crippen molar-refractivity contribution in [1.29, 1.82) is 0 Å². The number of benzene rings is 1. The quantitative estimate of drug-likeness (QED) is 0.517. The summed E-state index contributed by atoms with van der Waals surface area (Å²) in [5, 5.41) is 30.7. The van der Waals surface area contributed by atoms with Crippen LogP contribution < -0.4 is 9.64 Å². The van der Waals surface area contributed by atoms with E-state index in [1.54, 1.807) is 6.07 Å². The molecule has 1 unspecified atom stereocenters. The van der Waals surface area contributed by atoms with Gasteiger partial charge >= 0.3 is 0 Å². The third-order valence-electron chi connectivity index (χ3n) is 5.25. The molecule has 2 aliphatic heterocycles. The van der Waals surface area contributed by atoms with E-state index >= 15 is 0 Å². The summed E-state index contributed by atoms with van der Waals surface area (Å²) in [6, 6.07) is 3.79. The molecule has 4 rings (SSSR count). The summed E-state index contributed by atoms with van der Waals surface area (Å²) < 4.78 is 5.19. The van der Waals surface area contributed by atoms with E-state index in [-0.39, 0.29) is 17.7 Å². The van der Waals surface area contributed by atoms with Gasteiger partial charge in [0, 0.05) is 12.0 Å². The highest BCUT2D eigenvalue weighted by Gasteiger charge is 2.51. The van der Waals surface area contributed by atoms with Crippen molar-refractivity contribution in [3.63, 3.8) is 0 Å². The van der Waals surface area contributed by atoms with Gasteiger partial charge in [0.1, 0.15) is 12.6 Å². The van der Waals surface area contributed by atoms with Gasteiger partial charge in [0.15, 0.2) is 11.5 Å². The first-order chi connectivity index (χ1) is 10.1. The van der Waals surface area contributed by atoms with E-state index in [1.807, 2.05) is 12.1 Å². The molecule has 0 amide bonds. The second-order valence-electron chi connectivity index (χ2n) is 6.28. The zero-order chi connectivity index (χ0) is 14.7. The molecule has 0 bridgehead atoms. The van der Waals surface area contributed by atoms with Crippen LogP contribution in [-0.4, -0.2) is 47.2 Å². The number of rotatable bonds is 1. The van der Waals surface area contributed by atoms with Gasteiger partial charge in [-0.1, -0.05) is 0 Å². The first-order valence-electron chi connectivity index (χ1n) is 7.41. The Hall–Kier alpha value is -1.56. The van der Waals surface area contributed by atoms with Crippen molar-refractivity contribution in [3.05, 3.63) is 34.9 Å². The van der Waals surface area contributed by atoms with Gasteiger partial charge in [-0.05, 0) is 29.3 Å². The Balaban J connectivity index is 1.88. The molecule has 1 aromatic carbocycles. The molecular weight excluding hydrogens is 270 g/mol. The lowest BCUT2D eigenvalue weighted by molar-refractivity contribution is -0.927. The van der Waals surface area contributed by atoms with Gasteiger partial charge in [0.25, 0.3) is 0 Å². The molecule has 0 aromatic heterocycles. The van der Waals surface area contributed by atoms with Gasteiger partial charge in [-0.3, -0.25) is 0 Å². The SMILES string of the molecule is COc1cc2c(cc1O)[C@@H]1[C@H](O)[C@@H](O)C=C3CC[NH+](C2)[C@H]31. The molecule has 1 fully saturated rings. The number of aromatic hydroxyl groups is 1. The summed E-state index contributed by atoms with van der Waals surface area (Å²) in [5.41, 5.74) is 3.28. The summed E-state index contributed by atoms with van der Waals surface area (Å²) in [6.45, 7) is 1.89. The fraction of sp³-hybridized carbons (Fsp3) is 0.500. The minimum atomic E-state index is -0.823. The number of nitrogens with one attached hydrogen (secondary N) is 1. The molecular formula is C16H20NO4+. The first-order valence-corrected chi connectivity index (χ1v) is 7.41. The van der Waals surface area contributed by atoms with E-state index in [4.69, 9.17) is 4.74 Å². The Bertz CT molecular complexity index is 627. The lowest BCUT2D eigenvalue weighted by Crippen LogP contribution is -3.14. The van der Waals surface area contributed by atoms with Crippen molar-refractivity contribution in [2.45, 2.75) is 37.1 Å². The normalized spacial score (nSPS) is 36.7. The van der Waals surface area contributed by atoms with Crippen LogP contribution in [0.15, 0.2) is 23.8 Å². The largest absolute Gasteiger partial charge is 0.504 e. The minimum absolute atomic E-state index is 0.0930. The van der Waals surface area contributed by atoms with Crippen LogP contribution in [0.1, 0.15) is 23.5 Å². The van der Waals surface area contributed by atoms with E-state index < -0.39 is 12.2 Å². The summed E-state index contributed by atoms with van der Waals surface area (Å²) in [7, 11) is 1.54. The zero-order valence-corrected chi connectivity index (χ0v) is 11.9. The highest BCUT2D eigenvalue weighted by Crippen LogP contribution is 2.42. The third-order valence-corrected chi connectivity index (χ3v) is 5.25. The Labute approximate surface area is 123 Å². The standard InChI is InChI=1S/C16H19NO4/c1-21-13-5-9-7-17-3-2-8-4-12(19)16(20)14(15(8)17)10(9)6-11(13)18/h4-6,12,14-16,18-20H,2-3,7H2,1H3/p+1/t12-,14-,15+,16+/m0/s1. The molecule has 21 heavy (non-hydrogen) atoms. The van der Waals surface area contributed by atoms with Crippen LogP contribution in [0.3, 0.4) is 0 Å². The van der Waals surface area contributed by atoms with E-state index in [0.29, 0.717) is 5.75 Å². The number of aliphatic hydroxyl groups excluding tert-OH is 2. The van der Waals surface area contributed by atoms with Crippen molar-refractivity contribution in [3.8, 4) is 11.5 Å². The number of phenols is 1. The van der Waals surface area contributed by atoms with E-state index in [9.17, 15) is 15.3 Å². The topological polar surface area (TPSA) is 74.4 Å². The van der Waals surface area contributed by atoms with Gasteiger partial charge in [-0.25, -0.2) is 0 Å². The lowest BCUT2D eigenvalue weighted by Gasteiger charge is -2.41. The molecule has 5 nitrogen and oxygen atoms in total. The monoisotopic (exact) mass is 290 g/mol. The van der Waals surface area contributed by atoms with Crippen molar-refractivity contribution < 1.29 is 25.0 Å². The number of fused-ring (bicyclic) bond motifs is 2. The van der Waals surface area contributed by atoms with Gasteiger partial charge in [0.2, 0.25) is 0 Å². The number of quaternary nitrogens is 1. The Kier molecular flexibility index (Phi) is 2.79. The van der Waals surface area contributed by atoms with E-state index in [0.717, 1.165) is 30.6 Å². The molecule has 1 saturated heterocycles. The van der Waals surface area contributed by atoms with Gasteiger partial charge in [-0.2, -0.15) is 0 Å². The highest BCUT2D eigenvalue weighted by molar-refractivity contribution is 5.50. The molecule has 3 aliphatic rings. The van der Waals surface area contributed by atoms with Crippen molar-refractivity contribution >= 4 is 0 Å². The molecule has 0 spiro atoms. The minimum Gasteiger partial charge on any atom is -0.504 e. The first kappa shape index (κ1) is 13.1. The summed E-state index contributed by atoms with van der Waals surface area (Å²) in [4.78, 5) is 1.43. The maximum absolute atomic E-state index is 10.5. The smallest absolute Gasteiger partial charge is 0.160 e. The Morgan fingerprint density at radius 2 is 2.10 bits per heavy atom. The summed E-state index contributed by atoms with van der Waals surface area (Å²) in [5.74, 6) is 0.404. The van der Waals surface area contributed by atoms with Crippen LogP contribution in [0.2, 0.25) is 0 Å². The number of hydrogen-bond donors (Lipinski definition) is 4. The molecule has 4 N–H and O–H groups in total. The number of aliphatic hydroxyl groups is 2. The summed E-state index contributed by atoms with van der Waals surface area (Å²) in [6.07, 6.45) is 1.15. The Morgan fingerprint density at radius 3 is 2.86 bits per heavy atom. The molecule has 0 saturated carbocycles. The van der Waals surface area contributed by atoms with E-state index in [1.165, 1.54) is 17.6 Å². The zero-order valence-electron chi connectivity index (χ0n) is 11.9. The molecule has 5 atom stereocenters. The van der Waals surface area contributed by atoms with Crippen LogP contribution >= 0.6 is 0 Å². The van der Waals surface area contributed by atoms with Crippen LogP contribution in [0, 0.1) is 0 Å². The second-order valence-corrected chi connectivity index (χ2v) is 6.28. The predicted octanol–water partition coefficient (Wildman–Crippen LogP) is -0.683. The van der Waals surface area contributed by atoms with Gasteiger partial charge in [-0.15, -0.1) is 0 Å². The fourth-order valence-electron chi connectivity index (χ4n) is 4.34. The second kappa shape index (κ2) is 4.47. The maximum atomic E-state index is 10.5. The van der Waals surface area contributed by atoms with Crippen molar-refractivity contribution in [1.82, 2.24) is 0 Å². The Morgan fingerprint density at radius 1 is 1.29 bits per heavy atom. The lowest BCUT2D eigenvalue weighted by atomic mass is 9.73. The third kappa shape index (κ3) is 1.75. The van der Waals surface area contributed by atoms with Gasteiger partial charge < -0.3 is 25.0 Å². The number of phenolic OH excluding ortho intramolecular Hbond substituents is 1. The molecule has 2 heterocycles. The van der Waals surface area contributed by atoms with Crippen molar-refractivity contribution in [2.75, 3.05) is 13.7 Å². The average Bonchev–Trinajstić information content (AvgIpc) is 2.86. The molecule has 0 radical (unpaired) electrons. The van der Waals surface area contributed by atoms with E-state index in [2.05, 4.69) is 0 Å². The fourth-order valence-corrected chi connectivity index (χ4v) is 4.34. The van der Waals surface area contributed by atoms with Crippen LogP contribution in [0.25, 0.3) is 0 Å². The molecule has 1 aromatic rings. The highest BCUT2D eigenvalue weighted by atomic mass is 16.5. The number of methoxy groups -OCH3 is 1. The summed E-state index contributed by atoms with van der Waals surface area (Å²) >= 11 is 0. The van der Waals surface area contributed by atoms with Gasteiger partial charge in [0.05, 0.1) is 31.8 Å². The average molecular weight is 290 g/mol. The molecule has 1 aliphatic carbocycles. The molecule has 5 heteroatoms.